The van der Waals surface area contributed by atoms with E-state index in [4.69, 9.17) is 0 Å². The zero-order valence-electron chi connectivity index (χ0n) is 15.1. The molecule has 0 bridgehead atoms. The zero-order chi connectivity index (χ0) is 15.7. The molecular formula is C17H36N4S. The van der Waals surface area contributed by atoms with Crippen LogP contribution in [0, 0.1) is 11.8 Å². The van der Waals surface area contributed by atoms with Gasteiger partial charge in [0.05, 0.1) is 0 Å². The van der Waals surface area contributed by atoms with Gasteiger partial charge in [0.25, 0.3) is 0 Å². The topological polar surface area (TPSA) is 13.0 Å². The maximum absolute atomic E-state index is 2.86. The molecule has 0 amide bonds. The van der Waals surface area contributed by atoms with Crippen LogP contribution in [0.4, 0.5) is 0 Å². The molecule has 130 valence electrons. The molecule has 22 heavy (non-hydrogen) atoms. The minimum absolute atomic E-state index is 0.811. The number of hydrogen-bond acceptors (Lipinski definition) is 4. The average molecular weight is 329 g/mol. The van der Waals surface area contributed by atoms with E-state index < -0.39 is 10.8 Å². The van der Waals surface area contributed by atoms with Crippen molar-refractivity contribution < 1.29 is 0 Å². The summed E-state index contributed by atoms with van der Waals surface area (Å²) in [7, 11) is 3.72. The summed E-state index contributed by atoms with van der Waals surface area (Å²) in [6.07, 6.45) is 6.90. The van der Waals surface area contributed by atoms with E-state index >= 15 is 0 Å². The molecule has 0 aromatic carbocycles. The highest BCUT2D eigenvalue weighted by atomic mass is 32.3. The van der Waals surface area contributed by atoms with Crippen molar-refractivity contribution in [3.05, 3.63) is 0 Å². The largest absolute Gasteiger partial charge is 0.235 e. The molecule has 3 fully saturated rings. The van der Waals surface area contributed by atoms with E-state index in [1.807, 2.05) is 0 Å². The quantitative estimate of drug-likeness (QED) is 0.772. The summed E-state index contributed by atoms with van der Waals surface area (Å²) in [5.74, 6) is 1.62. The molecule has 3 rings (SSSR count). The zero-order valence-corrected chi connectivity index (χ0v) is 15.9. The summed E-state index contributed by atoms with van der Waals surface area (Å²) in [4.78, 5) is 0. The summed E-state index contributed by atoms with van der Waals surface area (Å²) >= 11 is 0. The smallest absolute Gasteiger partial charge is 0.0131 e. The van der Waals surface area contributed by atoms with Crippen LogP contribution in [0.15, 0.2) is 0 Å². The van der Waals surface area contributed by atoms with E-state index in [0.717, 1.165) is 11.8 Å². The third kappa shape index (κ3) is 2.95. The van der Waals surface area contributed by atoms with Crippen molar-refractivity contribution in [2.45, 2.75) is 46.0 Å². The van der Waals surface area contributed by atoms with Gasteiger partial charge in [-0.25, -0.2) is 17.2 Å². The summed E-state index contributed by atoms with van der Waals surface area (Å²) < 4.78 is 11.3. The lowest BCUT2D eigenvalue weighted by molar-refractivity contribution is 0.246. The summed E-state index contributed by atoms with van der Waals surface area (Å²) in [6, 6.07) is 0. The Morgan fingerprint density at radius 2 is 1.05 bits per heavy atom. The van der Waals surface area contributed by atoms with Gasteiger partial charge in [-0.2, -0.15) is 0 Å². The Labute approximate surface area is 139 Å². The molecule has 5 heteroatoms. The van der Waals surface area contributed by atoms with Gasteiger partial charge in [-0.05, 0) is 68.8 Å². The van der Waals surface area contributed by atoms with Crippen molar-refractivity contribution in [3.63, 3.8) is 0 Å². The average Bonchev–Trinajstić information content (AvgIpc) is 3.10. The van der Waals surface area contributed by atoms with Gasteiger partial charge in [-0.1, -0.05) is 13.8 Å². The fraction of sp³-hybridized carbons (Fsp3) is 1.00. The van der Waals surface area contributed by atoms with E-state index in [2.05, 4.69) is 45.2 Å². The first-order chi connectivity index (χ1) is 10.5. The fourth-order valence-corrected chi connectivity index (χ4v) is 9.75. The second-order valence-electron chi connectivity index (χ2n) is 7.83. The first-order valence-corrected chi connectivity index (χ1v) is 10.8. The van der Waals surface area contributed by atoms with Crippen molar-refractivity contribution in [3.8, 4) is 0 Å². The second kappa shape index (κ2) is 6.98. The lowest BCUT2D eigenvalue weighted by Crippen LogP contribution is -2.56. The third-order valence-electron chi connectivity index (χ3n) is 5.60. The molecule has 0 radical (unpaired) electrons. The van der Waals surface area contributed by atoms with Gasteiger partial charge in [-0.15, -0.1) is 0 Å². The Morgan fingerprint density at radius 3 is 1.41 bits per heavy atom. The summed E-state index contributed by atoms with van der Waals surface area (Å²) in [6.45, 7) is 12.6. The predicted octanol–water partition coefficient (Wildman–Crippen LogP) is 3.18. The minimum Gasteiger partial charge on any atom is -0.235 e. The molecule has 4 nitrogen and oxygen atoms in total. The molecule has 2 atom stereocenters. The van der Waals surface area contributed by atoms with E-state index in [1.165, 1.54) is 71.4 Å². The Kier molecular flexibility index (Phi) is 5.40. The van der Waals surface area contributed by atoms with Gasteiger partial charge >= 0.3 is 0 Å². The molecule has 0 aromatic rings. The van der Waals surface area contributed by atoms with Crippen LogP contribution in [0.3, 0.4) is 0 Å². The van der Waals surface area contributed by atoms with Gasteiger partial charge in [0.1, 0.15) is 0 Å². The van der Waals surface area contributed by atoms with E-state index in [1.54, 1.807) is 0 Å². The molecular weight excluding hydrogens is 292 g/mol. The Balaban J connectivity index is 1.97. The second-order valence-corrected chi connectivity index (χ2v) is 11.1. The number of rotatable bonds is 2. The number of nitrogens with zero attached hydrogens (tertiary/aromatic N) is 4. The molecule has 2 unspecified atom stereocenters. The van der Waals surface area contributed by atoms with E-state index in [-0.39, 0.29) is 0 Å². The van der Waals surface area contributed by atoms with Crippen LogP contribution < -0.4 is 0 Å². The van der Waals surface area contributed by atoms with Crippen molar-refractivity contribution in [1.82, 2.24) is 17.2 Å². The fourth-order valence-electron chi connectivity index (χ4n) is 4.97. The van der Waals surface area contributed by atoms with Gasteiger partial charge in [0, 0.05) is 39.3 Å². The van der Waals surface area contributed by atoms with Crippen LogP contribution in [0.2, 0.25) is 0 Å². The van der Waals surface area contributed by atoms with Gasteiger partial charge in [-0.3, -0.25) is 0 Å². The van der Waals surface area contributed by atoms with E-state index in [9.17, 15) is 0 Å². The summed E-state index contributed by atoms with van der Waals surface area (Å²) in [5, 5.41) is 0. The maximum atomic E-state index is 2.86. The molecule has 3 aliphatic heterocycles. The maximum Gasteiger partial charge on any atom is 0.0131 e. The molecule has 0 N–H and O–H groups in total. The van der Waals surface area contributed by atoms with Crippen LogP contribution in [-0.2, 0) is 0 Å². The molecule has 3 saturated heterocycles. The third-order valence-corrected chi connectivity index (χ3v) is 9.69. The lowest BCUT2D eigenvalue weighted by Gasteiger charge is -2.63. The van der Waals surface area contributed by atoms with Gasteiger partial charge in [0.15, 0.2) is 0 Å². The predicted molar refractivity (Wildman–Crippen MR) is 97.4 cm³/mol. The van der Waals surface area contributed by atoms with Crippen LogP contribution in [-0.4, -0.2) is 70.6 Å². The summed E-state index contributed by atoms with van der Waals surface area (Å²) in [5.41, 5.74) is 0. The van der Waals surface area contributed by atoms with Gasteiger partial charge in [0.2, 0.25) is 0 Å². The Bertz CT molecular complexity index is 332. The van der Waals surface area contributed by atoms with Crippen LogP contribution in [0.1, 0.15) is 46.0 Å². The molecule has 3 aliphatic rings. The van der Waals surface area contributed by atoms with Crippen molar-refractivity contribution in [1.29, 1.82) is 0 Å². The molecule has 0 spiro atoms. The first kappa shape index (κ1) is 17.0. The Hall–Kier alpha value is 0.190. The lowest BCUT2D eigenvalue weighted by atomic mass is 9.97. The molecule has 0 aromatic heterocycles. The monoisotopic (exact) mass is 328 g/mol. The first-order valence-electron chi connectivity index (χ1n) is 9.31. The highest BCUT2D eigenvalue weighted by molar-refractivity contribution is 8.25. The van der Waals surface area contributed by atoms with Crippen molar-refractivity contribution >= 4 is 10.8 Å². The van der Waals surface area contributed by atoms with Crippen molar-refractivity contribution in [2.75, 3.05) is 53.4 Å². The normalized spacial score (nSPS) is 38.0. The molecule has 0 saturated carbocycles. The number of hydrogen-bond donors (Lipinski definition) is 0. The highest BCUT2D eigenvalue weighted by Crippen LogP contribution is 2.62. The van der Waals surface area contributed by atoms with Crippen LogP contribution in [0.5, 0.6) is 0 Å². The highest BCUT2D eigenvalue weighted by Gasteiger charge is 2.47. The standard InChI is InChI=1S/C17H36N4S/c1-16-13-17(2)15-19(4)22(18(3)14-16,20-9-5-6-10-20)21-11-7-8-12-21/h16-17H,5-15H2,1-4H3. The minimum atomic E-state index is -1.10. The Morgan fingerprint density at radius 1 is 0.682 bits per heavy atom. The van der Waals surface area contributed by atoms with Crippen molar-refractivity contribution in [2.24, 2.45) is 11.8 Å². The van der Waals surface area contributed by atoms with Crippen LogP contribution in [0.25, 0.3) is 0 Å². The van der Waals surface area contributed by atoms with E-state index in [0.29, 0.717) is 0 Å². The molecule has 3 heterocycles. The SMILES string of the molecule is CC1CC(C)CN(C)S(N2CCCC2)(N2CCCC2)N(C)C1. The van der Waals surface area contributed by atoms with Gasteiger partial charge < -0.3 is 0 Å². The van der Waals surface area contributed by atoms with Crippen LogP contribution >= 0.6 is 10.8 Å². The molecule has 0 aliphatic carbocycles.